The summed E-state index contributed by atoms with van der Waals surface area (Å²) in [7, 11) is 4.12. The summed E-state index contributed by atoms with van der Waals surface area (Å²) in [4.78, 5) is 27.9. The SMILES string of the molecule is C=CC(NC)C1CCCCC1.CC.CC.CC=O.CCC.CN1CCCC1c1nc(C(=O)c2cccc(O)c2)cs1. The van der Waals surface area contributed by atoms with Crippen molar-refractivity contribution in [2.75, 3.05) is 20.6 Å². The van der Waals surface area contributed by atoms with Crippen LogP contribution in [-0.2, 0) is 4.79 Å². The number of phenolic OH excluding ortho intramolecular Hbond substituents is 1. The number of carbonyl (C=O) groups is 2. The molecule has 0 amide bonds. The van der Waals surface area contributed by atoms with Crippen molar-refractivity contribution in [1.29, 1.82) is 0 Å². The lowest BCUT2D eigenvalue weighted by Crippen LogP contribution is -2.32. The fourth-order valence-corrected chi connectivity index (χ4v) is 5.60. The van der Waals surface area contributed by atoms with Gasteiger partial charge in [0.15, 0.2) is 0 Å². The fourth-order valence-electron chi connectivity index (χ4n) is 4.60. The van der Waals surface area contributed by atoms with E-state index in [2.05, 4.69) is 48.8 Å². The van der Waals surface area contributed by atoms with Gasteiger partial charge in [0, 0.05) is 17.0 Å². The minimum atomic E-state index is -0.135. The number of aromatic hydroxyl groups is 1. The molecule has 2 fully saturated rings. The van der Waals surface area contributed by atoms with E-state index in [-0.39, 0.29) is 11.5 Å². The number of nitrogens with one attached hydrogen (secondary N) is 1. The van der Waals surface area contributed by atoms with Gasteiger partial charge < -0.3 is 15.2 Å². The van der Waals surface area contributed by atoms with Crippen molar-refractivity contribution in [2.24, 2.45) is 5.92 Å². The molecule has 234 valence electrons. The average molecular weight is 590 g/mol. The van der Waals surface area contributed by atoms with E-state index >= 15 is 0 Å². The Morgan fingerprint density at radius 3 is 2.20 bits per heavy atom. The second kappa shape index (κ2) is 26.5. The third kappa shape index (κ3) is 16.0. The van der Waals surface area contributed by atoms with Crippen LogP contribution in [0.4, 0.5) is 0 Å². The van der Waals surface area contributed by atoms with Crippen molar-refractivity contribution >= 4 is 23.4 Å². The van der Waals surface area contributed by atoms with Crippen LogP contribution in [0.5, 0.6) is 5.75 Å². The topological polar surface area (TPSA) is 82.5 Å². The van der Waals surface area contributed by atoms with Gasteiger partial charge in [-0.15, -0.1) is 17.9 Å². The van der Waals surface area contributed by atoms with Crippen molar-refractivity contribution in [2.45, 2.75) is 112 Å². The van der Waals surface area contributed by atoms with Gasteiger partial charge in [0.05, 0.1) is 6.04 Å². The Morgan fingerprint density at radius 2 is 1.73 bits per heavy atom. The van der Waals surface area contributed by atoms with Crippen molar-refractivity contribution in [3.63, 3.8) is 0 Å². The van der Waals surface area contributed by atoms with E-state index in [1.165, 1.54) is 57.9 Å². The maximum absolute atomic E-state index is 12.3. The highest BCUT2D eigenvalue weighted by Gasteiger charge is 2.26. The molecule has 2 atom stereocenters. The fraction of sp³-hybridized carbons (Fsp3) is 0.618. The molecule has 1 saturated carbocycles. The zero-order chi connectivity index (χ0) is 31.6. The first kappa shape index (κ1) is 40.8. The number of likely N-dealkylation sites (N-methyl/N-ethyl adjacent to an activating group) is 1. The number of rotatable bonds is 6. The Morgan fingerprint density at radius 1 is 1.15 bits per heavy atom. The molecule has 2 unspecified atom stereocenters. The summed E-state index contributed by atoms with van der Waals surface area (Å²) in [6, 6.07) is 7.28. The zero-order valence-electron chi connectivity index (χ0n) is 27.4. The maximum atomic E-state index is 12.3. The van der Waals surface area contributed by atoms with Gasteiger partial charge in [-0.2, -0.15) is 0 Å². The smallest absolute Gasteiger partial charge is 0.212 e. The van der Waals surface area contributed by atoms with Gasteiger partial charge in [0.1, 0.15) is 22.7 Å². The van der Waals surface area contributed by atoms with E-state index in [1.807, 2.05) is 40.1 Å². The van der Waals surface area contributed by atoms with Gasteiger partial charge in [-0.3, -0.25) is 9.69 Å². The van der Waals surface area contributed by atoms with Gasteiger partial charge in [-0.1, -0.05) is 85.4 Å². The molecule has 1 saturated heterocycles. The van der Waals surface area contributed by atoms with Crippen molar-refractivity contribution < 1.29 is 14.7 Å². The van der Waals surface area contributed by atoms with Crippen LogP contribution < -0.4 is 5.32 Å². The summed E-state index contributed by atoms with van der Waals surface area (Å²) in [5, 5.41) is 15.6. The van der Waals surface area contributed by atoms with Crippen molar-refractivity contribution in [1.82, 2.24) is 15.2 Å². The van der Waals surface area contributed by atoms with Crippen LogP contribution in [0.15, 0.2) is 42.3 Å². The van der Waals surface area contributed by atoms with Crippen molar-refractivity contribution in [3.8, 4) is 5.75 Å². The van der Waals surface area contributed by atoms with Crippen LogP contribution in [0, 0.1) is 5.92 Å². The predicted molar refractivity (Wildman–Crippen MR) is 178 cm³/mol. The monoisotopic (exact) mass is 589 g/mol. The van der Waals surface area contributed by atoms with E-state index in [1.54, 1.807) is 29.5 Å². The number of thiazole rings is 1. The molecular weight excluding hydrogens is 530 g/mol. The van der Waals surface area contributed by atoms with Crippen LogP contribution in [0.25, 0.3) is 0 Å². The molecule has 1 aromatic carbocycles. The van der Waals surface area contributed by atoms with Gasteiger partial charge in [-0.25, -0.2) is 4.98 Å². The summed E-state index contributed by atoms with van der Waals surface area (Å²) in [5.74, 6) is 0.817. The molecule has 0 bridgehead atoms. The zero-order valence-corrected chi connectivity index (χ0v) is 28.2. The molecule has 4 rings (SSSR count). The number of aromatic nitrogens is 1. The maximum Gasteiger partial charge on any atom is 0.212 e. The van der Waals surface area contributed by atoms with Crippen LogP contribution in [0.2, 0.25) is 0 Å². The standard InChI is InChI=1S/C15H16N2O2S.C10H19N.C3H8.C2H4O.2C2H6/c1-17-7-3-6-13(17)15-16-12(9-20-15)14(19)10-4-2-5-11(18)8-10;1-3-10(11-2)9-7-5-4-6-8-9;1-3-2;1-2-3;2*1-2/h2,4-5,8-9,13,18H,3,6-7H2,1H3;3,9-11H,1,4-8H2,2H3;3H2,1-2H3;2H,1H3;2*1-2H3. The Balaban J connectivity index is 0. The lowest BCUT2D eigenvalue weighted by molar-refractivity contribution is -0.106. The van der Waals surface area contributed by atoms with Crippen LogP contribution in [0.1, 0.15) is 127 Å². The quantitative estimate of drug-likeness (QED) is 0.199. The molecule has 1 aromatic heterocycles. The minimum absolute atomic E-state index is 0.0989. The molecule has 7 heteroatoms. The van der Waals surface area contributed by atoms with Gasteiger partial charge >= 0.3 is 0 Å². The highest BCUT2D eigenvalue weighted by atomic mass is 32.1. The van der Waals surface area contributed by atoms with E-state index in [0.717, 1.165) is 30.2 Å². The summed E-state index contributed by atoms with van der Waals surface area (Å²) in [6.45, 7) is 18.6. The number of phenols is 1. The predicted octanol–water partition coefficient (Wildman–Crippen LogP) is 8.86. The lowest BCUT2D eigenvalue weighted by atomic mass is 9.84. The second-order valence-electron chi connectivity index (χ2n) is 9.48. The Hall–Kier alpha value is -2.35. The van der Waals surface area contributed by atoms with E-state index in [0.29, 0.717) is 23.3 Å². The number of benzene rings is 1. The third-order valence-electron chi connectivity index (χ3n) is 6.41. The number of nitrogens with zero attached hydrogens (tertiary/aromatic N) is 2. The molecule has 1 aliphatic carbocycles. The molecule has 41 heavy (non-hydrogen) atoms. The number of aldehydes is 1. The van der Waals surface area contributed by atoms with Gasteiger partial charge in [0.2, 0.25) is 5.78 Å². The Kier molecular flexibility index (Phi) is 26.4. The van der Waals surface area contributed by atoms with E-state index < -0.39 is 0 Å². The molecule has 0 radical (unpaired) electrons. The molecule has 2 aromatic rings. The molecule has 1 aliphatic heterocycles. The third-order valence-corrected chi connectivity index (χ3v) is 7.36. The normalized spacial score (nSPS) is 16.7. The summed E-state index contributed by atoms with van der Waals surface area (Å²) < 4.78 is 0. The lowest BCUT2D eigenvalue weighted by Gasteiger charge is -2.27. The number of hydrogen-bond donors (Lipinski definition) is 2. The number of hydrogen-bond acceptors (Lipinski definition) is 7. The summed E-state index contributed by atoms with van der Waals surface area (Å²) in [5.41, 5.74) is 0.942. The molecular formula is C34H59N3O3S. The molecule has 2 N–H and O–H groups in total. The molecule has 0 spiro atoms. The van der Waals surface area contributed by atoms with Crippen molar-refractivity contribution in [3.05, 3.63) is 58.6 Å². The second-order valence-corrected chi connectivity index (χ2v) is 10.4. The molecule has 2 heterocycles. The number of likely N-dealkylation sites (tertiary alicyclic amines) is 1. The van der Waals surface area contributed by atoms with Gasteiger partial charge in [-0.05, 0) is 71.3 Å². The average Bonchev–Trinajstić information content (AvgIpc) is 3.66. The highest BCUT2D eigenvalue weighted by Crippen LogP contribution is 2.32. The number of carbonyl (C=O) groups excluding carboxylic acids is 2. The van der Waals surface area contributed by atoms with Crippen LogP contribution in [-0.4, -0.2) is 53.7 Å². The largest absolute Gasteiger partial charge is 0.508 e. The van der Waals surface area contributed by atoms with Gasteiger partial charge in [0.25, 0.3) is 0 Å². The highest BCUT2D eigenvalue weighted by molar-refractivity contribution is 7.10. The Bertz CT molecular complexity index is 925. The molecule has 2 aliphatic rings. The molecule has 6 nitrogen and oxygen atoms in total. The summed E-state index contributed by atoms with van der Waals surface area (Å²) in [6.07, 6.45) is 13.4. The van der Waals surface area contributed by atoms with Crippen LogP contribution >= 0.6 is 11.3 Å². The number of ketones is 1. The first-order valence-corrected chi connectivity index (χ1v) is 16.4. The Labute approximate surface area is 255 Å². The van der Waals surface area contributed by atoms with E-state index in [9.17, 15) is 9.90 Å². The van der Waals surface area contributed by atoms with Crippen LogP contribution in [0.3, 0.4) is 0 Å². The summed E-state index contributed by atoms with van der Waals surface area (Å²) >= 11 is 1.54. The first-order valence-electron chi connectivity index (χ1n) is 15.6. The first-order chi connectivity index (χ1) is 19.9. The minimum Gasteiger partial charge on any atom is -0.508 e. The van der Waals surface area contributed by atoms with E-state index in [4.69, 9.17) is 4.79 Å².